The third-order valence-corrected chi connectivity index (χ3v) is 4.85. The molecular formula is C14H12N2O3S. The quantitative estimate of drug-likeness (QED) is 0.533. The molecular weight excluding hydrogens is 276 g/mol. The van der Waals surface area contributed by atoms with Crippen molar-refractivity contribution in [3.05, 3.63) is 65.8 Å². The molecule has 2 heterocycles. The number of nitrogens with zero attached hydrogens (tertiary/aromatic N) is 2. The first-order chi connectivity index (χ1) is 9.48. The summed E-state index contributed by atoms with van der Waals surface area (Å²) in [6.07, 6.45) is 4.08. The second kappa shape index (κ2) is 4.35. The first kappa shape index (κ1) is 12.7. The number of aromatic nitrogens is 2. The van der Waals surface area contributed by atoms with Crippen LogP contribution in [0.1, 0.15) is 5.56 Å². The summed E-state index contributed by atoms with van der Waals surface area (Å²) in [6.45, 7) is 1.90. The Bertz CT molecular complexity index is 880. The second-order valence-corrected chi connectivity index (χ2v) is 6.39. The molecule has 0 N–H and O–H groups in total. The summed E-state index contributed by atoms with van der Waals surface area (Å²) in [5.74, 6) is 0. The molecule has 0 amide bonds. The Morgan fingerprint density at radius 3 is 2.50 bits per heavy atom. The van der Waals surface area contributed by atoms with Crippen LogP contribution in [0.3, 0.4) is 0 Å². The molecule has 0 aliphatic rings. The minimum absolute atomic E-state index is 0.222. The van der Waals surface area contributed by atoms with Gasteiger partial charge in [0.1, 0.15) is 0 Å². The standard InChI is InChI=1S/C14H12N2O3S/c1-11-2-4-13(5-3-11)20(18,19)16-9-6-12-10-15(17)8-7-14(12)16/h2-10H,1H3. The fourth-order valence-electron chi connectivity index (χ4n) is 2.08. The molecule has 0 saturated heterocycles. The zero-order valence-electron chi connectivity index (χ0n) is 10.7. The van der Waals surface area contributed by atoms with Gasteiger partial charge in [-0.15, -0.1) is 0 Å². The van der Waals surface area contributed by atoms with Crippen molar-refractivity contribution in [3.63, 3.8) is 0 Å². The van der Waals surface area contributed by atoms with Crippen LogP contribution in [0.2, 0.25) is 0 Å². The van der Waals surface area contributed by atoms with Gasteiger partial charge in [0, 0.05) is 12.3 Å². The summed E-state index contributed by atoms with van der Waals surface area (Å²) in [5.41, 5.74) is 1.48. The fourth-order valence-corrected chi connectivity index (χ4v) is 3.43. The Morgan fingerprint density at radius 2 is 1.80 bits per heavy atom. The lowest BCUT2D eigenvalue weighted by Gasteiger charge is -2.07. The van der Waals surface area contributed by atoms with Crippen molar-refractivity contribution < 1.29 is 13.1 Å². The van der Waals surface area contributed by atoms with Gasteiger partial charge in [-0.3, -0.25) is 0 Å². The van der Waals surface area contributed by atoms with Crippen molar-refractivity contribution in [1.82, 2.24) is 3.97 Å². The molecule has 0 aliphatic carbocycles. The monoisotopic (exact) mass is 288 g/mol. The summed E-state index contributed by atoms with van der Waals surface area (Å²) in [6, 6.07) is 9.76. The summed E-state index contributed by atoms with van der Waals surface area (Å²) < 4.78 is 27.0. The molecule has 20 heavy (non-hydrogen) atoms. The molecule has 0 bridgehead atoms. The Kier molecular flexibility index (Phi) is 2.76. The van der Waals surface area contributed by atoms with Crippen LogP contribution >= 0.6 is 0 Å². The van der Waals surface area contributed by atoms with E-state index in [0.29, 0.717) is 15.6 Å². The largest absolute Gasteiger partial charge is 0.619 e. The Hall–Kier alpha value is -2.34. The number of fused-ring (bicyclic) bond motifs is 1. The smallest absolute Gasteiger partial charge is 0.268 e. The van der Waals surface area contributed by atoms with Gasteiger partial charge in [-0.1, -0.05) is 17.7 Å². The van der Waals surface area contributed by atoms with Crippen molar-refractivity contribution in [2.45, 2.75) is 11.8 Å². The van der Waals surface area contributed by atoms with Gasteiger partial charge in [-0.05, 0) is 25.1 Å². The highest BCUT2D eigenvalue weighted by Gasteiger charge is 2.19. The summed E-state index contributed by atoms with van der Waals surface area (Å²) >= 11 is 0. The normalized spacial score (nSPS) is 11.8. The molecule has 0 fully saturated rings. The van der Waals surface area contributed by atoms with Gasteiger partial charge in [0.25, 0.3) is 10.0 Å². The minimum atomic E-state index is -3.65. The summed E-state index contributed by atoms with van der Waals surface area (Å²) in [7, 11) is -3.65. The topological polar surface area (TPSA) is 66.0 Å². The van der Waals surface area contributed by atoms with E-state index in [1.165, 1.54) is 28.6 Å². The van der Waals surface area contributed by atoms with Gasteiger partial charge in [0.05, 0.1) is 15.8 Å². The number of hydrogen-bond donors (Lipinski definition) is 0. The number of benzene rings is 1. The predicted octanol–water partition coefficient (Wildman–Crippen LogP) is 1.82. The SMILES string of the molecule is Cc1ccc(S(=O)(=O)n2ccc3c[n+]([O-])ccc32)cc1. The first-order valence-electron chi connectivity index (χ1n) is 6.00. The molecule has 3 rings (SSSR count). The van der Waals surface area contributed by atoms with E-state index in [-0.39, 0.29) is 4.90 Å². The van der Waals surface area contributed by atoms with E-state index in [0.717, 1.165) is 5.56 Å². The van der Waals surface area contributed by atoms with E-state index >= 15 is 0 Å². The average Bonchev–Trinajstić information content (AvgIpc) is 2.82. The Balaban J connectivity index is 2.21. The van der Waals surface area contributed by atoms with Crippen molar-refractivity contribution in [2.24, 2.45) is 0 Å². The van der Waals surface area contributed by atoms with Crippen LogP contribution in [0, 0.1) is 12.1 Å². The predicted molar refractivity (Wildman–Crippen MR) is 74.7 cm³/mol. The second-order valence-electron chi connectivity index (χ2n) is 4.57. The van der Waals surface area contributed by atoms with Gasteiger partial charge >= 0.3 is 0 Å². The van der Waals surface area contributed by atoms with E-state index in [2.05, 4.69) is 0 Å². The third kappa shape index (κ3) is 1.94. The van der Waals surface area contributed by atoms with Crippen molar-refractivity contribution in [2.75, 3.05) is 0 Å². The average molecular weight is 288 g/mol. The molecule has 6 heteroatoms. The highest BCUT2D eigenvalue weighted by atomic mass is 32.2. The first-order valence-corrected chi connectivity index (χ1v) is 7.44. The van der Waals surface area contributed by atoms with Gasteiger partial charge < -0.3 is 5.21 Å². The highest BCUT2D eigenvalue weighted by molar-refractivity contribution is 7.90. The van der Waals surface area contributed by atoms with Gasteiger partial charge in [0.15, 0.2) is 12.4 Å². The minimum Gasteiger partial charge on any atom is -0.619 e. The van der Waals surface area contributed by atoms with E-state index in [1.54, 1.807) is 30.3 Å². The molecule has 0 radical (unpaired) electrons. The van der Waals surface area contributed by atoms with Gasteiger partial charge in [0.2, 0.25) is 0 Å². The number of hydrogen-bond acceptors (Lipinski definition) is 3. The molecule has 0 atom stereocenters. The van der Waals surface area contributed by atoms with Gasteiger partial charge in [-0.25, -0.2) is 12.4 Å². The Morgan fingerprint density at radius 1 is 1.10 bits per heavy atom. The van der Waals surface area contributed by atoms with Crippen LogP contribution in [0.15, 0.2) is 59.9 Å². The van der Waals surface area contributed by atoms with Gasteiger partial charge in [-0.2, -0.15) is 4.73 Å². The van der Waals surface area contributed by atoms with E-state index < -0.39 is 10.0 Å². The van der Waals surface area contributed by atoms with E-state index in [1.807, 2.05) is 6.92 Å². The molecule has 2 aromatic heterocycles. The zero-order chi connectivity index (χ0) is 14.3. The molecule has 0 spiro atoms. The number of pyridine rings is 1. The van der Waals surface area contributed by atoms with E-state index in [9.17, 15) is 13.6 Å². The summed E-state index contributed by atoms with van der Waals surface area (Å²) in [4.78, 5) is 0.222. The maximum Gasteiger partial charge on any atom is 0.268 e. The Labute approximate surface area is 116 Å². The molecule has 3 aromatic rings. The van der Waals surface area contributed by atoms with Crippen LogP contribution < -0.4 is 4.73 Å². The molecule has 102 valence electrons. The highest BCUT2D eigenvalue weighted by Crippen LogP contribution is 2.21. The molecule has 1 aromatic carbocycles. The molecule has 0 unspecified atom stereocenters. The zero-order valence-corrected chi connectivity index (χ0v) is 11.5. The van der Waals surface area contributed by atoms with Crippen molar-refractivity contribution in [1.29, 1.82) is 0 Å². The molecule has 5 nitrogen and oxygen atoms in total. The van der Waals surface area contributed by atoms with Crippen LogP contribution in [0.4, 0.5) is 0 Å². The van der Waals surface area contributed by atoms with Crippen LogP contribution in [-0.2, 0) is 10.0 Å². The fraction of sp³-hybridized carbons (Fsp3) is 0.0714. The third-order valence-electron chi connectivity index (χ3n) is 3.15. The summed E-state index contributed by atoms with van der Waals surface area (Å²) in [5, 5.41) is 11.8. The maximum absolute atomic E-state index is 12.6. The lowest BCUT2D eigenvalue weighted by molar-refractivity contribution is -0.603. The van der Waals surface area contributed by atoms with Crippen LogP contribution in [0.25, 0.3) is 10.9 Å². The lowest BCUT2D eigenvalue weighted by Crippen LogP contribution is -2.23. The molecule has 0 aliphatic heterocycles. The number of aryl methyl sites for hydroxylation is 1. The lowest BCUT2D eigenvalue weighted by atomic mass is 10.2. The number of rotatable bonds is 2. The van der Waals surface area contributed by atoms with Crippen molar-refractivity contribution in [3.8, 4) is 0 Å². The van der Waals surface area contributed by atoms with Crippen LogP contribution in [-0.4, -0.2) is 12.4 Å². The van der Waals surface area contributed by atoms with Crippen LogP contribution in [0.5, 0.6) is 0 Å². The van der Waals surface area contributed by atoms with Crippen molar-refractivity contribution >= 4 is 20.9 Å². The molecule has 0 saturated carbocycles. The maximum atomic E-state index is 12.6. The van der Waals surface area contributed by atoms with E-state index in [4.69, 9.17) is 0 Å².